The maximum atomic E-state index is 9.17. The van der Waals surface area contributed by atoms with E-state index in [9.17, 15) is 5.11 Å². The molecule has 0 bridgehead atoms. The van der Waals surface area contributed by atoms with Crippen molar-refractivity contribution in [3.63, 3.8) is 0 Å². The largest absolute Gasteiger partial charge is 0.452 e. The number of rotatable bonds is 6. The Balaban J connectivity index is 1.73. The van der Waals surface area contributed by atoms with Gasteiger partial charge in [-0.15, -0.1) is 0 Å². The van der Waals surface area contributed by atoms with Gasteiger partial charge < -0.3 is 20.9 Å². The zero-order valence-corrected chi connectivity index (χ0v) is 14.7. The number of nitrogens with zero attached hydrogens (tertiary/aromatic N) is 2. The summed E-state index contributed by atoms with van der Waals surface area (Å²) in [5.41, 5.74) is 5.75. The molecule has 4 N–H and O–H groups in total. The topological polar surface area (TPSA) is 93.3 Å². The molecule has 1 aromatic carbocycles. The Labute approximate surface area is 152 Å². The zero-order chi connectivity index (χ0) is 17.6. The van der Waals surface area contributed by atoms with Crippen molar-refractivity contribution in [2.45, 2.75) is 38.1 Å². The summed E-state index contributed by atoms with van der Waals surface area (Å²) < 4.78 is 5.89. The standard InChI is InChI=1S/C18H23ClN4O2/c19-13-4-6-15(7-5-13)25-16-11-21-18(20)23-17(16)22-14-3-1-2-12(10-14)8-9-24/h4-7,11-12,14,24H,1-3,8-10H2,(H3,20,21,22,23)/t12-,14+/m1/s1. The number of aliphatic hydroxyl groups excluding tert-OH is 1. The Morgan fingerprint density at radius 2 is 2.08 bits per heavy atom. The summed E-state index contributed by atoms with van der Waals surface area (Å²) in [6, 6.07) is 7.40. The van der Waals surface area contributed by atoms with Crippen molar-refractivity contribution in [2.75, 3.05) is 17.7 Å². The normalized spacial score (nSPS) is 20.2. The zero-order valence-electron chi connectivity index (χ0n) is 14.0. The number of nitrogens with two attached hydrogens (primary N) is 1. The van der Waals surface area contributed by atoms with Crippen LogP contribution < -0.4 is 15.8 Å². The summed E-state index contributed by atoms with van der Waals surface area (Å²) in [5.74, 6) is 2.52. The van der Waals surface area contributed by atoms with Crippen LogP contribution >= 0.6 is 11.6 Å². The lowest BCUT2D eigenvalue weighted by atomic mass is 9.84. The number of halogens is 1. The molecule has 0 saturated heterocycles. The van der Waals surface area contributed by atoms with Crippen molar-refractivity contribution in [1.82, 2.24) is 9.97 Å². The Morgan fingerprint density at radius 1 is 1.28 bits per heavy atom. The second kappa shape index (κ2) is 8.36. The molecule has 1 heterocycles. The third kappa shape index (κ3) is 4.96. The summed E-state index contributed by atoms with van der Waals surface area (Å²) in [6.07, 6.45) is 6.79. The monoisotopic (exact) mass is 362 g/mol. The average Bonchev–Trinajstić information content (AvgIpc) is 2.60. The van der Waals surface area contributed by atoms with Crippen LogP contribution in [0.15, 0.2) is 30.5 Å². The lowest BCUT2D eigenvalue weighted by Gasteiger charge is -2.30. The number of aromatic nitrogens is 2. The third-order valence-electron chi connectivity index (χ3n) is 4.48. The Morgan fingerprint density at radius 3 is 2.84 bits per heavy atom. The first kappa shape index (κ1) is 17.8. The predicted octanol–water partition coefficient (Wildman–Crippen LogP) is 3.86. The molecule has 0 aliphatic heterocycles. The average molecular weight is 363 g/mol. The van der Waals surface area contributed by atoms with Crippen molar-refractivity contribution in [3.05, 3.63) is 35.5 Å². The molecule has 3 rings (SSSR count). The minimum atomic E-state index is 0.202. The first-order valence-corrected chi connectivity index (χ1v) is 8.95. The first-order chi connectivity index (χ1) is 12.1. The van der Waals surface area contributed by atoms with Crippen molar-refractivity contribution in [1.29, 1.82) is 0 Å². The van der Waals surface area contributed by atoms with Crippen LogP contribution in [-0.2, 0) is 0 Å². The van der Waals surface area contributed by atoms with E-state index >= 15 is 0 Å². The van der Waals surface area contributed by atoms with E-state index in [1.807, 2.05) is 0 Å². The highest BCUT2D eigenvalue weighted by molar-refractivity contribution is 6.30. The molecule has 0 amide bonds. The van der Waals surface area contributed by atoms with Gasteiger partial charge in [0, 0.05) is 17.7 Å². The second-order valence-electron chi connectivity index (χ2n) is 6.38. The molecule has 1 fully saturated rings. The van der Waals surface area contributed by atoms with Crippen LogP contribution in [0.4, 0.5) is 11.8 Å². The van der Waals surface area contributed by atoms with Crippen LogP contribution in [0.1, 0.15) is 32.1 Å². The maximum absolute atomic E-state index is 9.17. The molecule has 6 nitrogen and oxygen atoms in total. The van der Waals surface area contributed by atoms with Gasteiger partial charge in [0.15, 0.2) is 11.6 Å². The number of nitrogen functional groups attached to an aromatic ring is 1. The highest BCUT2D eigenvalue weighted by atomic mass is 35.5. The van der Waals surface area contributed by atoms with Crippen LogP contribution in [0, 0.1) is 5.92 Å². The minimum absolute atomic E-state index is 0.202. The van der Waals surface area contributed by atoms with Crippen LogP contribution in [0.5, 0.6) is 11.5 Å². The van der Waals surface area contributed by atoms with E-state index in [0.717, 1.165) is 25.7 Å². The third-order valence-corrected chi connectivity index (χ3v) is 4.73. The van der Waals surface area contributed by atoms with Crippen LogP contribution in [-0.4, -0.2) is 27.7 Å². The highest BCUT2D eigenvalue weighted by Gasteiger charge is 2.23. The summed E-state index contributed by atoms with van der Waals surface area (Å²) in [7, 11) is 0. The van der Waals surface area contributed by atoms with E-state index < -0.39 is 0 Å². The molecule has 1 aliphatic rings. The fourth-order valence-corrected chi connectivity index (χ4v) is 3.38. The second-order valence-corrected chi connectivity index (χ2v) is 6.82. The number of hydrogen-bond donors (Lipinski definition) is 3. The first-order valence-electron chi connectivity index (χ1n) is 8.57. The summed E-state index contributed by atoms with van der Waals surface area (Å²) in [5, 5.41) is 13.3. The molecule has 1 aromatic heterocycles. The molecular formula is C18H23ClN4O2. The van der Waals surface area contributed by atoms with Gasteiger partial charge in [0.2, 0.25) is 5.95 Å². The Hall–Kier alpha value is -2.05. The molecule has 1 aliphatic carbocycles. The minimum Gasteiger partial charge on any atom is -0.452 e. The van der Waals surface area contributed by atoms with E-state index in [1.165, 1.54) is 6.42 Å². The number of ether oxygens (including phenoxy) is 1. The number of hydrogen-bond acceptors (Lipinski definition) is 6. The molecule has 1 saturated carbocycles. The lowest BCUT2D eigenvalue weighted by molar-refractivity contribution is 0.224. The van der Waals surface area contributed by atoms with E-state index in [4.69, 9.17) is 22.1 Å². The number of nitrogens with one attached hydrogen (secondary N) is 1. The smallest absolute Gasteiger partial charge is 0.222 e. The highest BCUT2D eigenvalue weighted by Crippen LogP contribution is 2.33. The van der Waals surface area contributed by atoms with Gasteiger partial charge in [-0.05, 0) is 49.4 Å². The van der Waals surface area contributed by atoms with Crippen molar-refractivity contribution >= 4 is 23.4 Å². The summed E-state index contributed by atoms with van der Waals surface area (Å²) >= 11 is 5.91. The van der Waals surface area contributed by atoms with Crippen molar-refractivity contribution in [3.8, 4) is 11.5 Å². The number of benzene rings is 1. The van der Waals surface area contributed by atoms with Gasteiger partial charge in [0.05, 0.1) is 6.20 Å². The molecule has 0 unspecified atom stereocenters. The quantitative estimate of drug-likeness (QED) is 0.722. The number of anilines is 2. The maximum Gasteiger partial charge on any atom is 0.222 e. The molecular weight excluding hydrogens is 340 g/mol. The van der Waals surface area contributed by atoms with Gasteiger partial charge in [-0.1, -0.05) is 24.4 Å². The SMILES string of the molecule is Nc1ncc(Oc2ccc(Cl)cc2)c(N[C@H]2CCC[C@H](CCO)C2)n1. The van der Waals surface area contributed by atoms with Crippen molar-refractivity contribution in [2.24, 2.45) is 5.92 Å². The molecule has 134 valence electrons. The fraction of sp³-hybridized carbons (Fsp3) is 0.444. The van der Waals surface area contributed by atoms with E-state index in [-0.39, 0.29) is 18.6 Å². The molecule has 2 aromatic rings. The van der Waals surface area contributed by atoms with Gasteiger partial charge in [0.1, 0.15) is 5.75 Å². The van der Waals surface area contributed by atoms with Gasteiger partial charge >= 0.3 is 0 Å². The fourth-order valence-electron chi connectivity index (χ4n) is 3.25. The molecule has 0 spiro atoms. The van der Waals surface area contributed by atoms with Gasteiger partial charge in [-0.3, -0.25) is 0 Å². The van der Waals surface area contributed by atoms with Gasteiger partial charge in [0.25, 0.3) is 0 Å². The Bertz CT molecular complexity index is 694. The number of aliphatic hydroxyl groups is 1. The van der Waals surface area contributed by atoms with Gasteiger partial charge in [-0.2, -0.15) is 4.98 Å². The van der Waals surface area contributed by atoms with E-state index in [0.29, 0.717) is 28.3 Å². The molecule has 25 heavy (non-hydrogen) atoms. The van der Waals surface area contributed by atoms with Crippen LogP contribution in [0.25, 0.3) is 0 Å². The van der Waals surface area contributed by atoms with Crippen LogP contribution in [0.2, 0.25) is 5.02 Å². The molecule has 2 atom stereocenters. The summed E-state index contributed by atoms with van der Waals surface area (Å²) in [4.78, 5) is 8.34. The Kier molecular flexibility index (Phi) is 5.94. The molecule has 0 radical (unpaired) electrons. The van der Waals surface area contributed by atoms with E-state index in [2.05, 4.69) is 15.3 Å². The lowest BCUT2D eigenvalue weighted by Crippen LogP contribution is -2.28. The predicted molar refractivity (Wildman–Crippen MR) is 99.0 cm³/mol. The van der Waals surface area contributed by atoms with Gasteiger partial charge in [-0.25, -0.2) is 4.98 Å². The van der Waals surface area contributed by atoms with E-state index in [1.54, 1.807) is 30.5 Å². The van der Waals surface area contributed by atoms with Crippen molar-refractivity contribution < 1.29 is 9.84 Å². The molecule has 7 heteroatoms. The summed E-state index contributed by atoms with van der Waals surface area (Å²) in [6.45, 7) is 0.239. The van der Waals surface area contributed by atoms with Crippen LogP contribution in [0.3, 0.4) is 0 Å².